The van der Waals surface area contributed by atoms with E-state index in [2.05, 4.69) is 5.32 Å². The Labute approximate surface area is 114 Å². The summed E-state index contributed by atoms with van der Waals surface area (Å²) >= 11 is 0. The van der Waals surface area contributed by atoms with Gasteiger partial charge >= 0.3 is 0 Å². The predicted molar refractivity (Wildman–Crippen MR) is 74.9 cm³/mol. The van der Waals surface area contributed by atoms with E-state index >= 15 is 0 Å². The highest BCUT2D eigenvalue weighted by molar-refractivity contribution is 5.51. The number of benzene rings is 1. The fourth-order valence-electron chi connectivity index (χ4n) is 2.91. The summed E-state index contributed by atoms with van der Waals surface area (Å²) in [6.07, 6.45) is 2.07. The minimum absolute atomic E-state index is 0.0641. The van der Waals surface area contributed by atoms with E-state index in [0.717, 1.165) is 36.3 Å². The molecule has 0 saturated carbocycles. The highest BCUT2D eigenvalue weighted by Gasteiger charge is 2.38. The fraction of sp³-hybridized carbons (Fsp3) is 0.600. The molecule has 0 aliphatic carbocycles. The van der Waals surface area contributed by atoms with Crippen LogP contribution in [0.2, 0.25) is 0 Å². The van der Waals surface area contributed by atoms with Crippen LogP contribution >= 0.6 is 0 Å². The normalized spacial score (nSPS) is 22.1. The molecule has 4 nitrogen and oxygen atoms in total. The van der Waals surface area contributed by atoms with Crippen molar-refractivity contribution in [2.45, 2.75) is 38.3 Å². The van der Waals surface area contributed by atoms with Gasteiger partial charge in [0.05, 0.1) is 14.2 Å². The molecular formula is C15H23NO3. The van der Waals surface area contributed by atoms with Crippen LogP contribution in [0.1, 0.15) is 30.9 Å². The summed E-state index contributed by atoms with van der Waals surface area (Å²) in [7, 11) is 3.27. The van der Waals surface area contributed by atoms with Crippen LogP contribution in [0.5, 0.6) is 11.5 Å². The first-order valence-electron chi connectivity index (χ1n) is 6.70. The zero-order chi connectivity index (χ0) is 14.0. The van der Waals surface area contributed by atoms with Crippen LogP contribution in [0.3, 0.4) is 0 Å². The van der Waals surface area contributed by atoms with E-state index in [1.807, 2.05) is 26.0 Å². The third-order valence-corrected chi connectivity index (χ3v) is 4.06. The predicted octanol–water partition coefficient (Wildman–Crippen LogP) is 1.97. The van der Waals surface area contributed by atoms with Crippen molar-refractivity contribution >= 4 is 0 Å². The van der Waals surface area contributed by atoms with Gasteiger partial charge in [-0.1, -0.05) is 0 Å². The minimum atomic E-state index is -0.946. The van der Waals surface area contributed by atoms with Crippen molar-refractivity contribution in [3.05, 3.63) is 23.3 Å². The molecule has 0 amide bonds. The molecule has 19 heavy (non-hydrogen) atoms. The number of hydrogen-bond donors (Lipinski definition) is 2. The van der Waals surface area contributed by atoms with Gasteiger partial charge in [0.1, 0.15) is 17.1 Å². The van der Waals surface area contributed by atoms with E-state index in [1.165, 1.54) is 0 Å². The molecule has 1 aromatic rings. The largest absolute Gasteiger partial charge is 0.496 e. The molecule has 1 fully saturated rings. The number of ether oxygens (including phenoxy) is 2. The van der Waals surface area contributed by atoms with E-state index in [0.29, 0.717) is 5.75 Å². The van der Waals surface area contributed by atoms with Crippen molar-refractivity contribution in [3.63, 3.8) is 0 Å². The second-order valence-corrected chi connectivity index (χ2v) is 5.27. The number of methoxy groups -OCH3 is 2. The van der Waals surface area contributed by atoms with Crippen LogP contribution in [0.4, 0.5) is 0 Å². The molecule has 2 atom stereocenters. The van der Waals surface area contributed by atoms with E-state index in [1.54, 1.807) is 14.2 Å². The Morgan fingerprint density at radius 2 is 2.05 bits per heavy atom. The van der Waals surface area contributed by atoms with Gasteiger partial charge in [-0.15, -0.1) is 0 Å². The molecule has 1 aliphatic rings. The quantitative estimate of drug-likeness (QED) is 0.874. The SMILES string of the molecule is COc1ccc(C(C)(O)C2CCCN2)c(OC)c1C. The first-order chi connectivity index (χ1) is 9.02. The molecule has 1 aliphatic heterocycles. The van der Waals surface area contributed by atoms with Gasteiger partial charge in [-0.05, 0) is 45.4 Å². The third-order valence-electron chi connectivity index (χ3n) is 4.06. The Morgan fingerprint density at radius 3 is 2.58 bits per heavy atom. The second kappa shape index (κ2) is 5.39. The van der Waals surface area contributed by atoms with Crippen molar-refractivity contribution in [1.82, 2.24) is 5.32 Å². The molecule has 2 unspecified atom stereocenters. The first kappa shape index (κ1) is 14.2. The highest BCUT2D eigenvalue weighted by Crippen LogP contribution is 2.40. The van der Waals surface area contributed by atoms with Gasteiger partial charge < -0.3 is 19.9 Å². The Hall–Kier alpha value is -1.26. The van der Waals surface area contributed by atoms with Crippen LogP contribution < -0.4 is 14.8 Å². The van der Waals surface area contributed by atoms with Gasteiger partial charge in [-0.2, -0.15) is 0 Å². The summed E-state index contributed by atoms with van der Waals surface area (Å²) in [5, 5.41) is 14.3. The lowest BCUT2D eigenvalue weighted by Gasteiger charge is -2.32. The van der Waals surface area contributed by atoms with Gasteiger partial charge in [0, 0.05) is 17.2 Å². The molecule has 2 N–H and O–H groups in total. The van der Waals surface area contributed by atoms with Crippen molar-refractivity contribution in [1.29, 1.82) is 0 Å². The van der Waals surface area contributed by atoms with E-state index in [4.69, 9.17) is 9.47 Å². The average molecular weight is 265 g/mol. The van der Waals surface area contributed by atoms with Crippen LogP contribution in [-0.2, 0) is 5.60 Å². The Kier molecular flexibility index (Phi) is 4.02. The molecule has 2 rings (SSSR count). The van der Waals surface area contributed by atoms with Crippen LogP contribution in [-0.4, -0.2) is 31.9 Å². The van der Waals surface area contributed by atoms with Gasteiger partial charge in [-0.25, -0.2) is 0 Å². The first-order valence-corrected chi connectivity index (χ1v) is 6.70. The number of nitrogens with one attached hydrogen (secondary N) is 1. The highest BCUT2D eigenvalue weighted by atomic mass is 16.5. The molecule has 0 radical (unpaired) electrons. The summed E-state index contributed by atoms with van der Waals surface area (Å²) in [6.45, 7) is 4.75. The van der Waals surface area contributed by atoms with Gasteiger partial charge in [0.15, 0.2) is 0 Å². The zero-order valence-electron chi connectivity index (χ0n) is 12.1. The summed E-state index contributed by atoms with van der Waals surface area (Å²) in [4.78, 5) is 0. The number of aliphatic hydroxyl groups is 1. The lowest BCUT2D eigenvalue weighted by molar-refractivity contribution is 0.0195. The standard InChI is InChI=1S/C15H23NO3/c1-10-12(18-3)8-7-11(14(10)19-4)15(2,17)13-6-5-9-16-13/h7-8,13,16-17H,5-6,9H2,1-4H3. The molecule has 1 saturated heterocycles. The van der Waals surface area contributed by atoms with Crippen molar-refractivity contribution in [2.24, 2.45) is 0 Å². The van der Waals surface area contributed by atoms with Gasteiger partial charge in [0.25, 0.3) is 0 Å². The Bertz CT molecular complexity index is 451. The maximum Gasteiger partial charge on any atom is 0.131 e. The van der Waals surface area contributed by atoms with Crippen molar-refractivity contribution in [2.75, 3.05) is 20.8 Å². The van der Waals surface area contributed by atoms with Crippen molar-refractivity contribution in [3.8, 4) is 11.5 Å². The van der Waals surface area contributed by atoms with Crippen LogP contribution in [0, 0.1) is 6.92 Å². The number of hydrogen-bond acceptors (Lipinski definition) is 4. The molecule has 1 aromatic carbocycles. The lowest BCUT2D eigenvalue weighted by atomic mass is 9.85. The molecule has 106 valence electrons. The smallest absolute Gasteiger partial charge is 0.131 e. The summed E-state index contributed by atoms with van der Waals surface area (Å²) in [5.41, 5.74) is 0.785. The zero-order valence-corrected chi connectivity index (χ0v) is 12.1. The average Bonchev–Trinajstić information content (AvgIpc) is 2.92. The van der Waals surface area contributed by atoms with Crippen LogP contribution in [0.15, 0.2) is 12.1 Å². The molecule has 0 bridgehead atoms. The summed E-state index contributed by atoms with van der Waals surface area (Å²) in [5.74, 6) is 1.48. The topological polar surface area (TPSA) is 50.7 Å². The van der Waals surface area contributed by atoms with Gasteiger partial charge in [0.2, 0.25) is 0 Å². The molecular weight excluding hydrogens is 242 g/mol. The van der Waals surface area contributed by atoms with E-state index < -0.39 is 5.60 Å². The number of rotatable bonds is 4. The molecule has 0 aromatic heterocycles. The molecule has 1 heterocycles. The maximum atomic E-state index is 10.9. The summed E-state index contributed by atoms with van der Waals surface area (Å²) in [6, 6.07) is 3.84. The fourth-order valence-corrected chi connectivity index (χ4v) is 2.91. The maximum absolute atomic E-state index is 10.9. The van der Waals surface area contributed by atoms with Crippen LogP contribution in [0.25, 0.3) is 0 Å². The van der Waals surface area contributed by atoms with E-state index in [9.17, 15) is 5.11 Å². The lowest BCUT2D eigenvalue weighted by Crippen LogP contribution is -2.43. The van der Waals surface area contributed by atoms with Gasteiger partial charge in [-0.3, -0.25) is 0 Å². The third kappa shape index (κ3) is 2.42. The minimum Gasteiger partial charge on any atom is -0.496 e. The monoisotopic (exact) mass is 265 g/mol. The van der Waals surface area contributed by atoms with E-state index in [-0.39, 0.29) is 6.04 Å². The molecule has 0 spiro atoms. The second-order valence-electron chi connectivity index (χ2n) is 5.27. The molecule has 4 heteroatoms. The Morgan fingerprint density at radius 1 is 1.32 bits per heavy atom. The Balaban J connectivity index is 2.46. The summed E-state index contributed by atoms with van der Waals surface area (Å²) < 4.78 is 10.8. The van der Waals surface area contributed by atoms with Crippen molar-refractivity contribution < 1.29 is 14.6 Å².